The summed E-state index contributed by atoms with van der Waals surface area (Å²) in [7, 11) is 1.49. The summed E-state index contributed by atoms with van der Waals surface area (Å²) >= 11 is 3.32. The number of hydrogen-bond donors (Lipinski definition) is 1. The van der Waals surface area contributed by atoms with Crippen molar-refractivity contribution in [2.75, 3.05) is 12.0 Å². The summed E-state index contributed by atoms with van der Waals surface area (Å²) < 4.78 is 16.1. The van der Waals surface area contributed by atoms with E-state index in [-0.39, 0.29) is 28.3 Å². The Kier molecular flexibility index (Phi) is 6.09. The number of rotatable bonds is 5. The minimum absolute atomic E-state index is 0.0146. The van der Waals surface area contributed by atoms with Crippen LogP contribution in [0.1, 0.15) is 16.1 Å². The van der Waals surface area contributed by atoms with Gasteiger partial charge in [0.05, 0.1) is 19.1 Å². The summed E-state index contributed by atoms with van der Waals surface area (Å²) in [4.78, 5) is 51.2. The van der Waals surface area contributed by atoms with Crippen molar-refractivity contribution in [1.29, 1.82) is 0 Å². The Morgan fingerprint density at radius 2 is 1.85 bits per heavy atom. The van der Waals surface area contributed by atoms with Crippen molar-refractivity contribution in [2.45, 2.75) is 0 Å². The number of esters is 1. The van der Waals surface area contributed by atoms with E-state index in [1.165, 1.54) is 49.8 Å². The molecule has 1 aliphatic rings. The van der Waals surface area contributed by atoms with Crippen molar-refractivity contribution in [3.63, 3.8) is 0 Å². The van der Waals surface area contributed by atoms with Gasteiger partial charge in [0.15, 0.2) is 0 Å². The van der Waals surface area contributed by atoms with Crippen LogP contribution in [-0.4, -0.2) is 30.9 Å². The molecule has 166 valence electrons. The lowest BCUT2D eigenvalue weighted by Gasteiger charge is -2.26. The van der Waals surface area contributed by atoms with Gasteiger partial charge in [0.25, 0.3) is 11.8 Å². The molecular formula is C23H15BrN2O7. The van der Waals surface area contributed by atoms with Gasteiger partial charge in [-0.1, -0.05) is 15.9 Å². The summed E-state index contributed by atoms with van der Waals surface area (Å²) in [6.07, 6.45) is 2.58. The zero-order valence-electron chi connectivity index (χ0n) is 17.0. The van der Waals surface area contributed by atoms with Gasteiger partial charge in [-0.2, -0.15) is 0 Å². The number of barbiturate groups is 1. The fraction of sp³-hybridized carbons (Fsp3) is 0.0435. The minimum atomic E-state index is -0.883. The zero-order valence-corrected chi connectivity index (χ0v) is 18.6. The van der Waals surface area contributed by atoms with Crippen LogP contribution < -0.4 is 19.7 Å². The van der Waals surface area contributed by atoms with Crippen LogP contribution in [-0.2, 0) is 9.59 Å². The minimum Gasteiger partial charge on any atom is -0.497 e. The summed E-state index contributed by atoms with van der Waals surface area (Å²) in [6, 6.07) is 13.0. The first-order valence-corrected chi connectivity index (χ1v) is 10.3. The molecule has 0 saturated carbocycles. The maximum absolute atomic E-state index is 13.1. The van der Waals surface area contributed by atoms with E-state index in [1.54, 1.807) is 24.3 Å². The fourth-order valence-corrected chi connectivity index (χ4v) is 3.43. The Morgan fingerprint density at radius 1 is 1.09 bits per heavy atom. The van der Waals surface area contributed by atoms with Crippen LogP contribution in [0.4, 0.5) is 10.5 Å². The Hall–Kier alpha value is -4.18. The van der Waals surface area contributed by atoms with E-state index in [9.17, 15) is 19.2 Å². The van der Waals surface area contributed by atoms with Gasteiger partial charge in [0.1, 0.15) is 17.1 Å². The Bertz CT molecular complexity index is 1280. The molecule has 1 aromatic heterocycles. The molecule has 2 heterocycles. The number of anilines is 1. The van der Waals surface area contributed by atoms with E-state index in [2.05, 4.69) is 21.2 Å². The molecule has 4 amide bonds. The predicted octanol–water partition coefficient (Wildman–Crippen LogP) is 3.94. The number of nitrogens with one attached hydrogen (secondary N) is 1. The fourth-order valence-electron chi connectivity index (χ4n) is 3.05. The molecule has 9 nitrogen and oxygen atoms in total. The largest absolute Gasteiger partial charge is 0.497 e. The topological polar surface area (TPSA) is 115 Å². The third-order valence-electron chi connectivity index (χ3n) is 4.63. The standard InChI is InChI=1S/C23H15BrN2O7/c1-31-16-7-5-15(6-8-16)26-21(28)17(20(27)25-23(26)30)12-13-11-14(24)4-9-18(13)33-22(29)19-3-2-10-32-19/h2-12H,1H3,(H,25,27,30)/b17-12-. The van der Waals surface area contributed by atoms with E-state index in [0.29, 0.717) is 10.2 Å². The normalized spacial score (nSPS) is 14.9. The van der Waals surface area contributed by atoms with Crippen LogP contribution in [0.2, 0.25) is 0 Å². The lowest BCUT2D eigenvalue weighted by molar-refractivity contribution is -0.122. The van der Waals surface area contributed by atoms with E-state index in [4.69, 9.17) is 13.9 Å². The molecular weight excluding hydrogens is 496 g/mol. The van der Waals surface area contributed by atoms with Crippen LogP contribution >= 0.6 is 15.9 Å². The molecule has 0 bridgehead atoms. The molecule has 33 heavy (non-hydrogen) atoms. The monoisotopic (exact) mass is 510 g/mol. The number of hydrogen-bond acceptors (Lipinski definition) is 7. The molecule has 0 unspecified atom stereocenters. The lowest BCUT2D eigenvalue weighted by atomic mass is 10.1. The molecule has 0 aliphatic carbocycles. The first kappa shape index (κ1) is 22.0. The van der Waals surface area contributed by atoms with Crippen LogP contribution in [0, 0.1) is 0 Å². The van der Waals surface area contributed by atoms with Gasteiger partial charge in [-0.25, -0.2) is 14.5 Å². The van der Waals surface area contributed by atoms with Gasteiger partial charge >= 0.3 is 12.0 Å². The SMILES string of the molecule is COc1ccc(N2C(=O)NC(=O)/C(=C/c3cc(Br)ccc3OC(=O)c3ccco3)C2=O)cc1. The van der Waals surface area contributed by atoms with E-state index >= 15 is 0 Å². The van der Waals surface area contributed by atoms with Crippen LogP contribution in [0.5, 0.6) is 11.5 Å². The van der Waals surface area contributed by atoms with Gasteiger partial charge in [0.2, 0.25) is 5.76 Å². The second-order valence-electron chi connectivity index (χ2n) is 6.70. The van der Waals surface area contributed by atoms with Crippen LogP contribution in [0.25, 0.3) is 6.08 Å². The number of nitrogens with zero attached hydrogens (tertiary/aromatic N) is 1. The summed E-state index contributed by atoms with van der Waals surface area (Å²) in [5, 5.41) is 2.15. The molecule has 10 heteroatoms. The van der Waals surface area contributed by atoms with Crippen LogP contribution in [0.3, 0.4) is 0 Å². The molecule has 0 atom stereocenters. The van der Waals surface area contributed by atoms with Crippen molar-refractivity contribution in [1.82, 2.24) is 5.32 Å². The van der Waals surface area contributed by atoms with Gasteiger partial charge < -0.3 is 13.9 Å². The number of halogens is 1. The molecule has 1 fully saturated rings. The van der Waals surface area contributed by atoms with E-state index in [1.807, 2.05) is 0 Å². The number of ether oxygens (including phenoxy) is 2. The molecule has 2 aromatic carbocycles. The van der Waals surface area contributed by atoms with Gasteiger partial charge in [-0.15, -0.1) is 0 Å². The number of imide groups is 2. The molecule has 0 spiro atoms. The maximum atomic E-state index is 13.1. The number of benzene rings is 2. The Labute approximate surface area is 195 Å². The Balaban J connectivity index is 1.70. The number of methoxy groups -OCH3 is 1. The number of urea groups is 1. The summed E-state index contributed by atoms with van der Waals surface area (Å²) in [5.74, 6) is -1.86. The first-order chi connectivity index (χ1) is 15.9. The summed E-state index contributed by atoms with van der Waals surface area (Å²) in [6.45, 7) is 0. The second kappa shape index (κ2) is 9.13. The average molecular weight is 511 g/mol. The number of carbonyl (C=O) groups is 4. The highest BCUT2D eigenvalue weighted by Crippen LogP contribution is 2.29. The smallest absolute Gasteiger partial charge is 0.379 e. The van der Waals surface area contributed by atoms with Crippen molar-refractivity contribution < 1.29 is 33.1 Å². The first-order valence-electron chi connectivity index (χ1n) is 9.48. The Morgan fingerprint density at radius 3 is 2.52 bits per heavy atom. The van der Waals surface area contributed by atoms with E-state index < -0.39 is 23.8 Å². The number of amides is 4. The van der Waals surface area contributed by atoms with Crippen molar-refractivity contribution in [3.8, 4) is 11.5 Å². The molecule has 0 radical (unpaired) electrons. The summed E-state index contributed by atoms with van der Waals surface area (Å²) in [5.41, 5.74) is 0.182. The molecule has 4 rings (SSSR count). The van der Waals surface area contributed by atoms with Crippen molar-refractivity contribution in [2.24, 2.45) is 0 Å². The van der Waals surface area contributed by atoms with Gasteiger partial charge in [-0.3, -0.25) is 14.9 Å². The number of furan rings is 1. The van der Waals surface area contributed by atoms with Crippen LogP contribution in [0.15, 0.2) is 75.3 Å². The third kappa shape index (κ3) is 4.55. The van der Waals surface area contributed by atoms with Gasteiger partial charge in [-0.05, 0) is 60.7 Å². The third-order valence-corrected chi connectivity index (χ3v) is 5.12. The second-order valence-corrected chi connectivity index (χ2v) is 7.62. The predicted molar refractivity (Wildman–Crippen MR) is 120 cm³/mol. The maximum Gasteiger partial charge on any atom is 0.379 e. The van der Waals surface area contributed by atoms with E-state index in [0.717, 1.165) is 4.90 Å². The van der Waals surface area contributed by atoms with Crippen molar-refractivity contribution >= 4 is 51.5 Å². The molecule has 1 saturated heterocycles. The number of carbonyl (C=O) groups excluding carboxylic acids is 4. The average Bonchev–Trinajstić information content (AvgIpc) is 3.34. The highest BCUT2D eigenvalue weighted by atomic mass is 79.9. The zero-order chi connectivity index (χ0) is 23.5. The lowest BCUT2D eigenvalue weighted by Crippen LogP contribution is -2.54. The molecule has 1 aliphatic heterocycles. The highest BCUT2D eigenvalue weighted by Gasteiger charge is 2.37. The quantitative estimate of drug-likeness (QED) is 0.239. The van der Waals surface area contributed by atoms with Gasteiger partial charge in [0, 0.05) is 10.0 Å². The molecule has 1 N–H and O–H groups in total. The highest BCUT2D eigenvalue weighted by molar-refractivity contribution is 9.10. The van der Waals surface area contributed by atoms with Crippen molar-refractivity contribution in [3.05, 3.63) is 82.2 Å². The molecule has 3 aromatic rings.